The summed E-state index contributed by atoms with van der Waals surface area (Å²) in [5.41, 5.74) is 7.15. The molecule has 0 amide bonds. The fourth-order valence-electron chi connectivity index (χ4n) is 2.99. The minimum absolute atomic E-state index is 0.311. The Balaban J connectivity index is 2.38. The van der Waals surface area contributed by atoms with Crippen LogP contribution in [0.15, 0.2) is 0 Å². The molecule has 0 aromatic carbocycles. The second-order valence-electron chi connectivity index (χ2n) is 6.20. The van der Waals surface area contributed by atoms with Gasteiger partial charge in [-0.15, -0.1) is 0 Å². The molecule has 1 saturated heterocycles. The van der Waals surface area contributed by atoms with Crippen LogP contribution in [0.25, 0.3) is 0 Å². The summed E-state index contributed by atoms with van der Waals surface area (Å²) < 4.78 is 0. The molecule has 4 nitrogen and oxygen atoms in total. The predicted octanol–water partition coefficient (Wildman–Crippen LogP) is 3.65. The van der Waals surface area contributed by atoms with E-state index in [1.807, 2.05) is 6.92 Å². The molecule has 1 aliphatic rings. The molecular weight excluding hydrogens is 248 g/mol. The van der Waals surface area contributed by atoms with Crippen LogP contribution < -0.4 is 10.6 Å². The summed E-state index contributed by atoms with van der Waals surface area (Å²) in [7, 11) is 0. The molecule has 0 aliphatic carbocycles. The van der Waals surface area contributed by atoms with Gasteiger partial charge in [-0.2, -0.15) is 0 Å². The lowest BCUT2D eigenvalue weighted by Crippen LogP contribution is -2.40. The van der Waals surface area contributed by atoms with Gasteiger partial charge in [0.15, 0.2) is 0 Å². The summed E-state index contributed by atoms with van der Waals surface area (Å²) in [6.07, 6.45) is 6.31. The van der Waals surface area contributed by atoms with Crippen molar-refractivity contribution in [3.8, 4) is 0 Å². The Morgan fingerprint density at radius 1 is 1.30 bits per heavy atom. The van der Waals surface area contributed by atoms with Crippen LogP contribution in [0, 0.1) is 6.92 Å². The molecule has 1 fully saturated rings. The summed E-state index contributed by atoms with van der Waals surface area (Å²) in [6, 6.07) is 0.613. The maximum absolute atomic E-state index is 6.11. The van der Waals surface area contributed by atoms with Crippen LogP contribution in [0.1, 0.15) is 70.2 Å². The molecule has 112 valence electrons. The van der Waals surface area contributed by atoms with Crippen molar-refractivity contribution < 1.29 is 0 Å². The molecule has 1 atom stereocenters. The second kappa shape index (κ2) is 6.42. The third kappa shape index (κ3) is 3.05. The van der Waals surface area contributed by atoms with E-state index in [2.05, 4.69) is 30.7 Å². The summed E-state index contributed by atoms with van der Waals surface area (Å²) in [6.45, 7) is 9.64. The van der Waals surface area contributed by atoms with Gasteiger partial charge in [0.2, 0.25) is 0 Å². The first-order chi connectivity index (χ1) is 9.54. The highest BCUT2D eigenvalue weighted by molar-refractivity contribution is 5.57. The Morgan fingerprint density at radius 3 is 2.70 bits per heavy atom. The fraction of sp³-hybridized carbons (Fsp3) is 0.750. The van der Waals surface area contributed by atoms with Crippen LogP contribution in [-0.4, -0.2) is 22.6 Å². The van der Waals surface area contributed by atoms with Crippen molar-refractivity contribution in [2.45, 2.75) is 71.8 Å². The largest absolute Gasteiger partial charge is 0.383 e. The van der Waals surface area contributed by atoms with Crippen LogP contribution in [-0.2, 0) is 0 Å². The first-order valence-electron chi connectivity index (χ1n) is 7.95. The number of aromatic nitrogens is 2. The van der Waals surface area contributed by atoms with E-state index in [4.69, 9.17) is 10.7 Å². The second-order valence-corrected chi connectivity index (χ2v) is 6.20. The summed E-state index contributed by atoms with van der Waals surface area (Å²) >= 11 is 0. The van der Waals surface area contributed by atoms with E-state index in [9.17, 15) is 0 Å². The van der Waals surface area contributed by atoms with Crippen LogP contribution in [0.2, 0.25) is 0 Å². The Labute approximate surface area is 122 Å². The molecule has 2 heterocycles. The van der Waals surface area contributed by atoms with E-state index in [0.717, 1.165) is 23.8 Å². The highest BCUT2D eigenvalue weighted by Crippen LogP contribution is 2.31. The van der Waals surface area contributed by atoms with Crippen molar-refractivity contribution in [3.05, 3.63) is 11.4 Å². The highest BCUT2D eigenvalue weighted by atomic mass is 15.2. The maximum Gasteiger partial charge on any atom is 0.137 e. The zero-order valence-electron chi connectivity index (χ0n) is 13.3. The third-order valence-corrected chi connectivity index (χ3v) is 4.21. The van der Waals surface area contributed by atoms with Crippen molar-refractivity contribution in [2.24, 2.45) is 0 Å². The normalized spacial score (nSPS) is 19.6. The number of anilines is 2. The van der Waals surface area contributed by atoms with Crippen molar-refractivity contribution >= 4 is 11.6 Å². The number of nitrogen functional groups attached to an aromatic ring is 1. The molecule has 1 aromatic heterocycles. The van der Waals surface area contributed by atoms with E-state index in [0.29, 0.717) is 17.8 Å². The van der Waals surface area contributed by atoms with Gasteiger partial charge in [0.25, 0.3) is 0 Å². The van der Waals surface area contributed by atoms with E-state index in [1.54, 1.807) is 0 Å². The molecule has 0 bridgehead atoms. The third-order valence-electron chi connectivity index (χ3n) is 4.21. The first-order valence-corrected chi connectivity index (χ1v) is 7.95. The zero-order chi connectivity index (χ0) is 14.7. The number of rotatable bonds is 4. The predicted molar refractivity (Wildman–Crippen MR) is 85.2 cm³/mol. The number of piperidine rings is 1. The number of nitrogens with zero attached hydrogens (tertiary/aromatic N) is 3. The van der Waals surface area contributed by atoms with Gasteiger partial charge in [0, 0.05) is 24.1 Å². The monoisotopic (exact) mass is 276 g/mol. The molecular formula is C16H28N4. The molecule has 1 aliphatic heterocycles. The topological polar surface area (TPSA) is 55.0 Å². The molecule has 20 heavy (non-hydrogen) atoms. The van der Waals surface area contributed by atoms with Crippen LogP contribution >= 0.6 is 0 Å². The quantitative estimate of drug-likeness (QED) is 0.912. The average molecular weight is 276 g/mol. The first kappa shape index (κ1) is 15.1. The van der Waals surface area contributed by atoms with E-state index in [-0.39, 0.29) is 0 Å². The molecule has 0 radical (unpaired) electrons. The van der Waals surface area contributed by atoms with Gasteiger partial charge in [0.1, 0.15) is 17.5 Å². The van der Waals surface area contributed by atoms with Gasteiger partial charge in [-0.05, 0) is 32.6 Å². The van der Waals surface area contributed by atoms with Crippen LogP contribution in [0.4, 0.5) is 11.6 Å². The lowest BCUT2D eigenvalue weighted by atomic mass is 9.97. The van der Waals surface area contributed by atoms with Crippen molar-refractivity contribution in [3.63, 3.8) is 0 Å². The molecule has 1 aromatic rings. The Kier molecular flexibility index (Phi) is 4.84. The zero-order valence-corrected chi connectivity index (χ0v) is 13.3. The van der Waals surface area contributed by atoms with Gasteiger partial charge < -0.3 is 10.6 Å². The van der Waals surface area contributed by atoms with E-state index < -0.39 is 0 Å². The van der Waals surface area contributed by atoms with Gasteiger partial charge in [-0.3, -0.25) is 0 Å². The Morgan fingerprint density at radius 2 is 2.05 bits per heavy atom. The SMILES string of the molecule is CCCC1CCCCN1c1nc(C(C)C)nc(N)c1C. The van der Waals surface area contributed by atoms with Gasteiger partial charge in [-0.1, -0.05) is 27.2 Å². The summed E-state index contributed by atoms with van der Waals surface area (Å²) in [4.78, 5) is 11.7. The minimum Gasteiger partial charge on any atom is -0.383 e. The summed E-state index contributed by atoms with van der Waals surface area (Å²) in [5, 5.41) is 0. The van der Waals surface area contributed by atoms with Crippen molar-refractivity contribution in [1.29, 1.82) is 0 Å². The molecule has 0 saturated carbocycles. The number of hydrogen-bond donors (Lipinski definition) is 1. The number of hydrogen-bond acceptors (Lipinski definition) is 4. The maximum atomic E-state index is 6.11. The molecule has 1 unspecified atom stereocenters. The highest BCUT2D eigenvalue weighted by Gasteiger charge is 2.25. The molecule has 0 spiro atoms. The van der Waals surface area contributed by atoms with E-state index in [1.165, 1.54) is 32.1 Å². The molecule has 4 heteroatoms. The number of nitrogens with two attached hydrogens (primary N) is 1. The summed E-state index contributed by atoms with van der Waals surface area (Å²) in [5.74, 6) is 2.88. The van der Waals surface area contributed by atoms with Gasteiger partial charge in [0.05, 0.1) is 0 Å². The lowest BCUT2D eigenvalue weighted by molar-refractivity contribution is 0.430. The standard InChI is InChI=1S/C16H28N4/c1-5-8-13-9-6-7-10-20(13)16-12(4)14(17)18-15(19-16)11(2)3/h11,13H,5-10H2,1-4H3,(H2,17,18,19). The smallest absolute Gasteiger partial charge is 0.137 e. The van der Waals surface area contributed by atoms with Gasteiger partial charge in [-0.25, -0.2) is 9.97 Å². The Bertz CT molecular complexity index is 454. The van der Waals surface area contributed by atoms with Crippen LogP contribution in [0.3, 0.4) is 0 Å². The lowest BCUT2D eigenvalue weighted by Gasteiger charge is -2.37. The van der Waals surface area contributed by atoms with Crippen molar-refractivity contribution in [1.82, 2.24) is 9.97 Å². The van der Waals surface area contributed by atoms with E-state index >= 15 is 0 Å². The molecule has 2 N–H and O–H groups in total. The van der Waals surface area contributed by atoms with Crippen LogP contribution in [0.5, 0.6) is 0 Å². The Hall–Kier alpha value is -1.32. The fourth-order valence-corrected chi connectivity index (χ4v) is 2.99. The minimum atomic E-state index is 0.311. The van der Waals surface area contributed by atoms with Crippen molar-refractivity contribution in [2.75, 3.05) is 17.2 Å². The van der Waals surface area contributed by atoms with Gasteiger partial charge >= 0.3 is 0 Å². The molecule has 2 rings (SSSR count). The average Bonchev–Trinajstić information content (AvgIpc) is 2.43.